The van der Waals surface area contributed by atoms with Crippen LogP contribution in [0.25, 0.3) is 10.8 Å². The van der Waals surface area contributed by atoms with E-state index in [1.54, 1.807) is 6.20 Å². The number of rotatable bonds is 9. The summed E-state index contributed by atoms with van der Waals surface area (Å²) in [5, 5.41) is 4.62. The lowest BCUT2D eigenvalue weighted by molar-refractivity contribution is 0.0945. The number of nitrogens with one attached hydrogen (secondary N) is 2. The monoisotopic (exact) mass is 627 g/mol. The minimum atomic E-state index is -0.0174. The summed E-state index contributed by atoms with van der Waals surface area (Å²) in [5.74, 6) is 1.50. The number of hydrogen-bond acceptors (Lipinski definition) is 4. The van der Waals surface area contributed by atoms with E-state index in [1.165, 1.54) is 58.2 Å². The van der Waals surface area contributed by atoms with Crippen LogP contribution in [0.4, 0.5) is 0 Å². The Labute approximate surface area is 271 Å². The maximum atomic E-state index is 11.6. The third-order valence-corrected chi connectivity index (χ3v) is 7.65. The van der Waals surface area contributed by atoms with Crippen molar-refractivity contribution in [2.45, 2.75) is 99.3 Å². The van der Waals surface area contributed by atoms with Crippen molar-refractivity contribution in [1.29, 1.82) is 0 Å². The summed E-state index contributed by atoms with van der Waals surface area (Å²) in [6.07, 6.45) is 12.9. The number of aromatic nitrogens is 1. The van der Waals surface area contributed by atoms with E-state index in [0.717, 1.165) is 52.5 Å². The van der Waals surface area contributed by atoms with E-state index in [-0.39, 0.29) is 11.5 Å². The molecule has 246 valence electrons. The van der Waals surface area contributed by atoms with Gasteiger partial charge in [-0.05, 0) is 100 Å². The molecule has 44 heavy (non-hydrogen) atoms. The van der Waals surface area contributed by atoms with Crippen LogP contribution in [-0.4, -0.2) is 54.5 Å². The van der Waals surface area contributed by atoms with E-state index in [1.807, 2.05) is 77.1 Å². The number of likely N-dealkylation sites (tertiary alicyclic amines) is 1. The molecule has 0 unspecified atom stereocenters. The third kappa shape index (κ3) is 13.9. The molecule has 0 aliphatic carbocycles. The zero-order valence-electron chi connectivity index (χ0n) is 28.3. The molecule has 0 radical (unpaired) electrons. The van der Waals surface area contributed by atoms with Gasteiger partial charge >= 0.3 is 0 Å². The van der Waals surface area contributed by atoms with E-state index in [0.29, 0.717) is 19.0 Å². The molecule has 2 aromatic carbocycles. The Morgan fingerprint density at radius 3 is 2.27 bits per heavy atom. The van der Waals surface area contributed by atoms with Crippen molar-refractivity contribution in [2.75, 3.05) is 38.7 Å². The third-order valence-electron chi connectivity index (χ3n) is 7.38. The second-order valence-corrected chi connectivity index (χ2v) is 10.9. The summed E-state index contributed by atoms with van der Waals surface area (Å²) in [5.41, 5.74) is 2.89. The maximum Gasteiger partial charge on any atom is 0.255 e. The predicted molar refractivity (Wildman–Crippen MR) is 190 cm³/mol. The Morgan fingerprint density at radius 2 is 1.59 bits per heavy atom. The van der Waals surface area contributed by atoms with E-state index in [2.05, 4.69) is 22.1 Å². The van der Waals surface area contributed by atoms with Gasteiger partial charge in [0.2, 0.25) is 0 Å². The average Bonchev–Trinajstić information content (AvgIpc) is 3.07. The van der Waals surface area contributed by atoms with Crippen molar-refractivity contribution in [3.63, 3.8) is 0 Å². The summed E-state index contributed by atoms with van der Waals surface area (Å²) < 4.78 is 5.72. The number of hydrogen-bond donors (Lipinski definition) is 2. The fraction of sp³-hybridized carbons (Fsp3) is 0.568. The zero-order chi connectivity index (χ0) is 32.6. The van der Waals surface area contributed by atoms with Crippen LogP contribution in [0.1, 0.15) is 107 Å². The number of halogens is 1. The number of nitrogens with zero attached hydrogens (tertiary/aromatic N) is 1. The van der Waals surface area contributed by atoms with Crippen LogP contribution in [0.15, 0.2) is 53.5 Å². The lowest BCUT2D eigenvalue weighted by atomic mass is 9.99. The van der Waals surface area contributed by atoms with Crippen LogP contribution < -0.4 is 15.6 Å². The summed E-state index contributed by atoms with van der Waals surface area (Å²) in [6.45, 7) is 17.7. The molecule has 0 saturated carbocycles. The van der Waals surface area contributed by atoms with E-state index in [9.17, 15) is 9.59 Å². The molecule has 5 rings (SSSR count). The number of pyridine rings is 1. The highest BCUT2D eigenvalue weighted by Crippen LogP contribution is 2.25. The van der Waals surface area contributed by atoms with Crippen molar-refractivity contribution >= 4 is 28.3 Å². The van der Waals surface area contributed by atoms with Crippen LogP contribution in [-0.2, 0) is 6.42 Å². The fourth-order valence-corrected chi connectivity index (χ4v) is 5.28. The topological polar surface area (TPSA) is 74.4 Å². The van der Waals surface area contributed by atoms with Gasteiger partial charge in [-0.2, -0.15) is 0 Å². The minimum Gasteiger partial charge on any atom is -0.493 e. The predicted octanol–water partition coefficient (Wildman–Crippen LogP) is 8.92. The van der Waals surface area contributed by atoms with Gasteiger partial charge in [0, 0.05) is 35.1 Å². The number of ether oxygens (including phenoxy) is 1. The second-order valence-electron chi connectivity index (χ2n) is 10.5. The highest BCUT2D eigenvalue weighted by Gasteiger charge is 2.19. The molecule has 0 bridgehead atoms. The van der Waals surface area contributed by atoms with Gasteiger partial charge in [0.15, 0.2) is 0 Å². The van der Waals surface area contributed by atoms with Crippen molar-refractivity contribution in [3.05, 3.63) is 75.7 Å². The van der Waals surface area contributed by atoms with Crippen molar-refractivity contribution < 1.29 is 9.53 Å². The summed E-state index contributed by atoms with van der Waals surface area (Å²) in [7, 11) is 0. The highest BCUT2D eigenvalue weighted by atomic mass is 35.5. The van der Waals surface area contributed by atoms with Crippen molar-refractivity contribution in [2.24, 2.45) is 0 Å². The van der Waals surface area contributed by atoms with Crippen molar-refractivity contribution in [3.8, 4) is 5.75 Å². The molecule has 0 atom stereocenters. The zero-order valence-corrected chi connectivity index (χ0v) is 29.0. The Morgan fingerprint density at radius 1 is 0.864 bits per heavy atom. The van der Waals surface area contributed by atoms with Gasteiger partial charge in [0.05, 0.1) is 6.61 Å². The number of alkyl halides is 1. The number of aryl methyl sites for hydroxylation is 1. The molecular weight excluding hydrogens is 570 g/mol. The fourth-order valence-electron chi connectivity index (χ4n) is 5.09. The van der Waals surface area contributed by atoms with Gasteiger partial charge < -0.3 is 19.9 Å². The lowest BCUT2D eigenvalue weighted by Crippen LogP contribution is -2.32. The second kappa shape index (κ2) is 24.5. The summed E-state index contributed by atoms with van der Waals surface area (Å²) in [6, 6.07) is 13.3. The molecule has 1 saturated heterocycles. The molecule has 2 aliphatic heterocycles. The molecule has 3 aromatic rings. The first-order valence-corrected chi connectivity index (χ1v) is 17.5. The van der Waals surface area contributed by atoms with Gasteiger partial charge in [-0.25, -0.2) is 0 Å². The van der Waals surface area contributed by atoms with Crippen LogP contribution in [0.5, 0.6) is 5.75 Å². The molecule has 1 amide bonds. The number of benzene rings is 2. The summed E-state index contributed by atoms with van der Waals surface area (Å²) in [4.78, 5) is 28.2. The van der Waals surface area contributed by atoms with Crippen LogP contribution in [0.3, 0.4) is 0 Å². The molecule has 1 aromatic heterocycles. The number of piperidine rings is 1. The number of carbonyl (C=O) groups excluding carboxylic acids is 1. The normalized spacial score (nSPS) is 13.7. The largest absolute Gasteiger partial charge is 0.493 e. The first-order valence-electron chi connectivity index (χ1n) is 16.9. The van der Waals surface area contributed by atoms with E-state index < -0.39 is 0 Å². The molecular formula is C37H58ClN3O3. The number of amides is 1. The minimum absolute atomic E-state index is 0.00235. The lowest BCUT2D eigenvalue weighted by Gasteiger charge is -2.26. The van der Waals surface area contributed by atoms with Gasteiger partial charge in [0.25, 0.3) is 11.5 Å². The molecule has 0 spiro atoms. The highest BCUT2D eigenvalue weighted by molar-refractivity contribution is 6.17. The molecule has 2 N–H and O–H groups in total. The Hall–Kier alpha value is -2.83. The quantitative estimate of drug-likeness (QED) is 0.183. The summed E-state index contributed by atoms with van der Waals surface area (Å²) >= 11 is 5.61. The molecule has 7 heteroatoms. The first-order chi connectivity index (χ1) is 21.5. The SMILES string of the molecule is CC.CC.CCCCCN1CCCCC1.Cc1cccc2c(=O)[nH]ccc12.O=C1NCCc2c(OCCCCCl)cccc21. The van der Waals surface area contributed by atoms with Crippen molar-refractivity contribution in [1.82, 2.24) is 15.2 Å². The van der Waals surface area contributed by atoms with E-state index >= 15 is 0 Å². The number of H-pyrrole nitrogens is 1. The van der Waals surface area contributed by atoms with Gasteiger partial charge in [0.1, 0.15) is 5.75 Å². The smallest absolute Gasteiger partial charge is 0.255 e. The van der Waals surface area contributed by atoms with Gasteiger partial charge in [-0.15, -0.1) is 11.6 Å². The average molecular weight is 628 g/mol. The van der Waals surface area contributed by atoms with Crippen LogP contribution >= 0.6 is 11.6 Å². The number of aromatic amines is 1. The van der Waals surface area contributed by atoms with Crippen LogP contribution in [0, 0.1) is 6.92 Å². The first kappa shape index (κ1) is 39.2. The standard InChI is InChI=1S/C13H16ClNO2.C10H9NO.C10H21N.2C2H6/c14-7-1-2-9-17-12-5-3-4-11-10(12)6-8-15-13(11)16;1-7-3-2-4-9-8(7)5-6-11-10(9)12;1-2-3-5-8-11-9-6-4-7-10-11;2*1-2/h3-5H,1-2,6-9H2,(H,15,16);2-6H,1H3,(H,11,12);2-10H2,1H3;2*1-2H3. The number of carbonyl (C=O) groups is 1. The Kier molecular flexibility index (Phi) is 21.8. The molecule has 3 heterocycles. The van der Waals surface area contributed by atoms with Crippen LogP contribution in [0.2, 0.25) is 0 Å². The Balaban J connectivity index is 0.000000320. The van der Waals surface area contributed by atoms with E-state index in [4.69, 9.17) is 16.3 Å². The Bertz CT molecular complexity index is 1240. The number of fused-ring (bicyclic) bond motifs is 2. The molecule has 2 aliphatic rings. The number of unbranched alkanes of at least 4 members (excludes halogenated alkanes) is 3. The van der Waals surface area contributed by atoms with Gasteiger partial charge in [-0.1, -0.05) is 72.1 Å². The maximum absolute atomic E-state index is 11.6. The molecule has 6 nitrogen and oxygen atoms in total. The van der Waals surface area contributed by atoms with Gasteiger partial charge in [-0.3, -0.25) is 9.59 Å². The molecule has 1 fully saturated rings.